The van der Waals surface area contributed by atoms with Crippen LogP contribution in [0, 0.1) is 0 Å². The summed E-state index contributed by atoms with van der Waals surface area (Å²) in [4.78, 5) is 10.9. The van der Waals surface area contributed by atoms with Crippen LogP contribution in [-0.2, 0) is 4.79 Å². The Labute approximate surface area is 138 Å². The molecule has 0 spiro atoms. The van der Waals surface area contributed by atoms with E-state index in [1.54, 1.807) is 5.48 Å². The minimum absolute atomic E-state index is 0.295. The quantitative estimate of drug-likeness (QED) is 0.305. The average Bonchev–Trinajstić information content (AvgIpc) is 2.87. The van der Waals surface area contributed by atoms with Gasteiger partial charge in [-0.3, -0.25) is 10.0 Å². The van der Waals surface area contributed by atoms with Crippen molar-refractivity contribution in [3.63, 3.8) is 0 Å². The Morgan fingerprint density at radius 1 is 1.09 bits per heavy atom. The first kappa shape index (κ1) is 18.0. The molecule has 1 aromatic carbocycles. The summed E-state index contributed by atoms with van der Waals surface area (Å²) in [6, 6.07) is 8.44. The molecule has 4 heteroatoms. The van der Waals surface area contributed by atoms with Crippen LogP contribution in [0.4, 0.5) is 0 Å². The molecule has 1 atom stereocenters. The summed E-state index contributed by atoms with van der Waals surface area (Å²) in [5, 5.41) is 18.7. The third-order valence-corrected chi connectivity index (χ3v) is 4.90. The van der Waals surface area contributed by atoms with Gasteiger partial charge in [0.1, 0.15) is 0 Å². The van der Waals surface area contributed by atoms with Gasteiger partial charge < -0.3 is 5.11 Å². The molecule has 128 valence electrons. The minimum Gasteiger partial charge on any atom is -0.388 e. The van der Waals surface area contributed by atoms with Crippen LogP contribution in [0.1, 0.15) is 87.4 Å². The van der Waals surface area contributed by atoms with Gasteiger partial charge in [0, 0.05) is 6.42 Å². The van der Waals surface area contributed by atoms with E-state index >= 15 is 0 Å². The number of hydrogen-bond donors (Lipinski definition) is 3. The molecule has 4 nitrogen and oxygen atoms in total. The van der Waals surface area contributed by atoms with E-state index < -0.39 is 6.10 Å². The predicted octanol–water partition coefficient (Wildman–Crippen LogP) is 4.22. The fourth-order valence-corrected chi connectivity index (χ4v) is 3.45. The van der Waals surface area contributed by atoms with Crippen LogP contribution in [0.2, 0.25) is 0 Å². The second kappa shape index (κ2) is 9.68. The molecule has 1 saturated carbocycles. The van der Waals surface area contributed by atoms with Crippen molar-refractivity contribution in [2.75, 3.05) is 0 Å². The van der Waals surface area contributed by atoms with E-state index in [4.69, 9.17) is 5.21 Å². The topological polar surface area (TPSA) is 69.6 Å². The summed E-state index contributed by atoms with van der Waals surface area (Å²) in [6.45, 7) is 0. The molecule has 0 aliphatic heterocycles. The van der Waals surface area contributed by atoms with Gasteiger partial charge in [0.05, 0.1) is 6.10 Å². The van der Waals surface area contributed by atoms with Crippen molar-refractivity contribution in [3.05, 3.63) is 35.4 Å². The number of nitrogens with one attached hydrogen (secondary N) is 1. The predicted molar refractivity (Wildman–Crippen MR) is 90.2 cm³/mol. The fourth-order valence-electron chi connectivity index (χ4n) is 3.45. The lowest BCUT2D eigenvalue weighted by Gasteiger charge is -2.16. The number of carbonyl (C=O) groups is 1. The van der Waals surface area contributed by atoms with Gasteiger partial charge >= 0.3 is 0 Å². The van der Waals surface area contributed by atoms with Gasteiger partial charge in [-0.2, -0.15) is 0 Å². The Balaban J connectivity index is 1.80. The van der Waals surface area contributed by atoms with Crippen molar-refractivity contribution in [2.45, 2.75) is 76.2 Å². The first-order valence-electron chi connectivity index (χ1n) is 8.91. The van der Waals surface area contributed by atoms with Gasteiger partial charge in [0.25, 0.3) is 0 Å². The maximum atomic E-state index is 10.9. The maximum absolute atomic E-state index is 10.9. The molecule has 1 amide bonds. The first-order chi connectivity index (χ1) is 11.2. The van der Waals surface area contributed by atoms with Crippen molar-refractivity contribution >= 4 is 5.91 Å². The van der Waals surface area contributed by atoms with Gasteiger partial charge in [0.15, 0.2) is 0 Å². The minimum atomic E-state index is -0.477. The molecule has 1 fully saturated rings. The molecule has 0 unspecified atom stereocenters. The average molecular weight is 319 g/mol. The molecule has 23 heavy (non-hydrogen) atoms. The van der Waals surface area contributed by atoms with Gasteiger partial charge in [-0.1, -0.05) is 56.4 Å². The SMILES string of the molecule is O=C(CCCC[C@@H](O)c1ccc(C2CCCCCC2)cc1)NO. The van der Waals surface area contributed by atoms with Crippen molar-refractivity contribution in [3.8, 4) is 0 Å². The van der Waals surface area contributed by atoms with Crippen LogP contribution in [0.15, 0.2) is 24.3 Å². The van der Waals surface area contributed by atoms with E-state index in [0.29, 0.717) is 25.2 Å². The number of benzene rings is 1. The van der Waals surface area contributed by atoms with E-state index in [1.807, 2.05) is 12.1 Å². The number of aliphatic hydroxyl groups excluding tert-OH is 1. The molecule has 3 N–H and O–H groups in total. The smallest absolute Gasteiger partial charge is 0.243 e. The molecule has 0 heterocycles. The number of amides is 1. The molecule has 0 aromatic heterocycles. The maximum Gasteiger partial charge on any atom is 0.243 e. The van der Waals surface area contributed by atoms with Gasteiger partial charge in [0.2, 0.25) is 5.91 Å². The summed E-state index contributed by atoms with van der Waals surface area (Å²) >= 11 is 0. The molecule has 1 aromatic rings. The highest BCUT2D eigenvalue weighted by Crippen LogP contribution is 2.32. The van der Waals surface area contributed by atoms with Crippen molar-refractivity contribution in [1.82, 2.24) is 5.48 Å². The Hall–Kier alpha value is -1.39. The molecule has 0 radical (unpaired) electrons. The monoisotopic (exact) mass is 319 g/mol. The zero-order chi connectivity index (χ0) is 16.5. The highest BCUT2D eigenvalue weighted by Gasteiger charge is 2.15. The van der Waals surface area contributed by atoms with Gasteiger partial charge in [-0.15, -0.1) is 0 Å². The van der Waals surface area contributed by atoms with Crippen LogP contribution in [-0.4, -0.2) is 16.2 Å². The van der Waals surface area contributed by atoms with E-state index in [9.17, 15) is 9.90 Å². The third-order valence-electron chi connectivity index (χ3n) is 4.90. The van der Waals surface area contributed by atoms with Gasteiger partial charge in [-0.05, 0) is 42.7 Å². The fraction of sp³-hybridized carbons (Fsp3) is 0.632. The molecule has 0 saturated heterocycles. The Morgan fingerprint density at radius 3 is 2.35 bits per heavy atom. The van der Waals surface area contributed by atoms with Crippen molar-refractivity contribution < 1.29 is 15.1 Å². The number of hydroxylamine groups is 1. The zero-order valence-electron chi connectivity index (χ0n) is 13.8. The highest BCUT2D eigenvalue weighted by atomic mass is 16.5. The number of hydrogen-bond acceptors (Lipinski definition) is 3. The molecular formula is C19H29NO3. The van der Waals surface area contributed by atoms with E-state index in [0.717, 1.165) is 12.0 Å². The largest absolute Gasteiger partial charge is 0.388 e. The van der Waals surface area contributed by atoms with Gasteiger partial charge in [-0.25, -0.2) is 5.48 Å². The molecule has 1 aliphatic carbocycles. The second-order valence-corrected chi connectivity index (χ2v) is 6.65. The second-order valence-electron chi connectivity index (χ2n) is 6.65. The Bertz CT molecular complexity index is 464. The summed E-state index contributed by atoms with van der Waals surface area (Å²) in [6.07, 6.45) is 9.85. The van der Waals surface area contributed by atoms with Crippen LogP contribution >= 0.6 is 0 Å². The highest BCUT2D eigenvalue weighted by molar-refractivity contribution is 5.74. The van der Waals surface area contributed by atoms with Crippen LogP contribution in [0.25, 0.3) is 0 Å². The summed E-state index contributed by atoms with van der Waals surface area (Å²) < 4.78 is 0. The lowest BCUT2D eigenvalue weighted by Crippen LogP contribution is -2.17. The molecule has 2 rings (SSSR count). The van der Waals surface area contributed by atoms with Crippen LogP contribution < -0.4 is 5.48 Å². The number of aliphatic hydroxyl groups is 1. The van der Waals surface area contributed by atoms with E-state index in [1.165, 1.54) is 44.1 Å². The lowest BCUT2D eigenvalue weighted by atomic mass is 9.90. The third kappa shape index (κ3) is 5.96. The number of rotatable bonds is 7. The molecule has 0 bridgehead atoms. The number of carbonyl (C=O) groups excluding carboxylic acids is 1. The van der Waals surface area contributed by atoms with E-state index in [2.05, 4.69) is 12.1 Å². The summed E-state index contributed by atoms with van der Waals surface area (Å²) in [5.41, 5.74) is 3.98. The zero-order valence-corrected chi connectivity index (χ0v) is 13.8. The molecule has 1 aliphatic rings. The van der Waals surface area contributed by atoms with Crippen LogP contribution in [0.5, 0.6) is 0 Å². The number of unbranched alkanes of at least 4 members (excludes halogenated alkanes) is 1. The Morgan fingerprint density at radius 2 is 1.74 bits per heavy atom. The van der Waals surface area contributed by atoms with Crippen molar-refractivity contribution in [2.24, 2.45) is 0 Å². The summed E-state index contributed by atoms with van der Waals surface area (Å²) in [7, 11) is 0. The normalized spacial score (nSPS) is 17.5. The molecular weight excluding hydrogens is 290 g/mol. The van der Waals surface area contributed by atoms with E-state index in [-0.39, 0.29) is 5.91 Å². The van der Waals surface area contributed by atoms with Crippen LogP contribution in [0.3, 0.4) is 0 Å². The summed E-state index contributed by atoms with van der Waals surface area (Å²) in [5.74, 6) is 0.313. The lowest BCUT2D eigenvalue weighted by molar-refractivity contribution is -0.129. The first-order valence-corrected chi connectivity index (χ1v) is 8.91. The standard InChI is InChI=1S/C19H29NO3/c21-18(9-5-6-10-19(22)20-23)17-13-11-16(12-14-17)15-7-3-1-2-4-8-15/h11-15,18,21,23H,1-10H2,(H,20,22)/t18-/m1/s1. The van der Waals surface area contributed by atoms with Crippen molar-refractivity contribution in [1.29, 1.82) is 0 Å². The Kier molecular flexibility index (Phi) is 7.56.